The second-order valence-corrected chi connectivity index (χ2v) is 8.30. The summed E-state index contributed by atoms with van der Waals surface area (Å²) in [6.07, 6.45) is -0.376. The molecule has 124 valence electrons. The number of nitrogens with one attached hydrogen (secondary N) is 2. The number of rotatable bonds is 4. The monoisotopic (exact) mass is 486 g/mol. The van der Waals surface area contributed by atoms with Crippen molar-refractivity contribution in [3.05, 3.63) is 18.2 Å². The average molecular weight is 486 g/mol. The summed E-state index contributed by atoms with van der Waals surface area (Å²) >= 11 is 1.40. The van der Waals surface area contributed by atoms with Gasteiger partial charge in [0, 0.05) is 0 Å². The molecule has 3 rings (SSSR count). The molecular formula is C16H22N4O2W. The van der Waals surface area contributed by atoms with Crippen LogP contribution in [-0.4, -0.2) is 48.9 Å². The molecule has 2 atom stereocenters. The summed E-state index contributed by atoms with van der Waals surface area (Å²) in [5.74, 6) is 0. The molecule has 2 N–H and O–H groups in total. The van der Waals surface area contributed by atoms with E-state index in [1.807, 2.05) is 19.1 Å². The SMILES string of the molecule is C[C](=[W])NCC1CN(c2ccc3c(c2)NCC(C)N3C)C(=O)O1. The van der Waals surface area contributed by atoms with Gasteiger partial charge in [-0.15, -0.1) is 0 Å². The summed E-state index contributed by atoms with van der Waals surface area (Å²) in [6, 6.07) is 6.56. The Bertz CT molecular complexity index is 637. The van der Waals surface area contributed by atoms with Crippen LogP contribution in [-0.2, 0) is 24.1 Å². The number of amides is 1. The van der Waals surface area contributed by atoms with E-state index in [9.17, 15) is 4.79 Å². The summed E-state index contributed by atoms with van der Waals surface area (Å²) < 4.78 is 6.65. The third-order valence-corrected chi connectivity index (χ3v) is 4.89. The zero-order valence-electron chi connectivity index (χ0n) is 13.6. The maximum atomic E-state index is 12.2. The van der Waals surface area contributed by atoms with Crippen molar-refractivity contribution in [3.8, 4) is 0 Å². The number of carbonyl (C=O) groups excluding carboxylic acids is 1. The van der Waals surface area contributed by atoms with Crippen molar-refractivity contribution in [1.29, 1.82) is 0 Å². The van der Waals surface area contributed by atoms with E-state index < -0.39 is 0 Å². The van der Waals surface area contributed by atoms with E-state index in [2.05, 4.69) is 35.6 Å². The minimum atomic E-state index is -0.268. The van der Waals surface area contributed by atoms with Crippen LogP contribution in [0.25, 0.3) is 0 Å². The van der Waals surface area contributed by atoms with E-state index in [0.717, 1.165) is 23.6 Å². The number of anilines is 3. The summed E-state index contributed by atoms with van der Waals surface area (Å²) in [5, 5.41) is 6.71. The van der Waals surface area contributed by atoms with Crippen LogP contribution in [0.15, 0.2) is 18.2 Å². The fourth-order valence-corrected chi connectivity index (χ4v) is 3.17. The van der Waals surface area contributed by atoms with E-state index in [4.69, 9.17) is 4.74 Å². The predicted molar refractivity (Wildman–Crippen MR) is 89.1 cm³/mol. The molecule has 23 heavy (non-hydrogen) atoms. The van der Waals surface area contributed by atoms with Crippen LogP contribution in [0.2, 0.25) is 0 Å². The molecule has 6 nitrogen and oxygen atoms in total. The van der Waals surface area contributed by atoms with Gasteiger partial charge in [-0.2, -0.15) is 0 Å². The topological polar surface area (TPSA) is 56.8 Å². The Morgan fingerprint density at radius 2 is 2.30 bits per heavy atom. The Morgan fingerprint density at radius 1 is 1.52 bits per heavy atom. The predicted octanol–water partition coefficient (Wildman–Crippen LogP) is 1.55. The van der Waals surface area contributed by atoms with Gasteiger partial charge in [0.1, 0.15) is 0 Å². The molecule has 0 radical (unpaired) electrons. The first kappa shape index (κ1) is 16.5. The van der Waals surface area contributed by atoms with Crippen LogP contribution in [0.1, 0.15) is 13.8 Å². The van der Waals surface area contributed by atoms with E-state index in [0.29, 0.717) is 19.1 Å². The van der Waals surface area contributed by atoms with Crippen LogP contribution in [0, 0.1) is 0 Å². The number of nitrogens with zero attached hydrogens (tertiary/aromatic N) is 2. The second kappa shape index (κ2) is 6.62. The first-order valence-electron chi connectivity index (χ1n) is 7.79. The van der Waals surface area contributed by atoms with Gasteiger partial charge in [0.05, 0.1) is 0 Å². The van der Waals surface area contributed by atoms with Gasteiger partial charge in [-0.1, -0.05) is 0 Å². The van der Waals surface area contributed by atoms with E-state index in [1.54, 1.807) is 4.90 Å². The van der Waals surface area contributed by atoms with Crippen LogP contribution in [0.5, 0.6) is 0 Å². The van der Waals surface area contributed by atoms with Crippen LogP contribution < -0.4 is 20.4 Å². The Balaban J connectivity index is 1.75. The number of cyclic esters (lactones) is 1. The summed E-state index contributed by atoms with van der Waals surface area (Å²) in [7, 11) is 2.10. The zero-order valence-corrected chi connectivity index (χ0v) is 16.6. The number of hydrogen-bond acceptors (Lipinski definition) is 5. The first-order valence-corrected chi connectivity index (χ1v) is 9.25. The third kappa shape index (κ3) is 3.43. The van der Waals surface area contributed by atoms with Gasteiger partial charge >= 0.3 is 140 Å². The van der Waals surface area contributed by atoms with Crippen molar-refractivity contribution in [2.45, 2.75) is 26.0 Å². The minimum absolute atomic E-state index is 0.108. The quantitative estimate of drug-likeness (QED) is 0.677. The number of likely N-dealkylation sites (N-methyl/N-ethyl adjacent to an activating group) is 1. The molecular weight excluding hydrogens is 464 g/mol. The van der Waals surface area contributed by atoms with Gasteiger partial charge in [-0.25, -0.2) is 0 Å². The molecule has 0 bridgehead atoms. The molecule has 7 heteroatoms. The van der Waals surface area contributed by atoms with Crippen molar-refractivity contribution < 1.29 is 28.9 Å². The molecule has 0 aromatic heterocycles. The summed E-state index contributed by atoms with van der Waals surface area (Å²) in [6.45, 7) is 6.38. The number of carbonyl (C=O) groups is 1. The third-order valence-electron chi connectivity index (χ3n) is 4.37. The van der Waals surface area contributed by atoms with E-state index in [-0.39, 0.29) is 12.2 Å². The first-order chi connectivity index (χ1) is 11.0. The summed E-state index contributed by atoms with van der Waals surface area (Å²) in [4.78, 5) is 16.1. The van der Waals surface area contributed by atoms with E-state index >= 15 is 0 Å². The number of ether oxygens (including phenoxy) is 1. The van der Waals surface area contributed by atoms with Crippen molar-refractivity contribution in [1.82, 2.24) is 5.32 Å². The number of fused-ring (bicyclic) bond motifs is 1. The fourth-order valence-electron chi connectivity index (χ4n) is 2.87. The van der Waals surface area contributed by atoms with Gasteiger partial charge in [-0.3, -0.25) is 0 Å². The van der Waals surface area contributed by atoms with Gasteiger partial charge in [-0.05, 0) is 6.92 Å². The number of hydrogen-bond donors (Lipinski definition) is 2. The Kier molecular flexibility index (Phi) is 4.74. The zero-order chi connectivity index (χ0) is 16.6. The molecule has 1 fully saturated rings. The van der Waals surface area contributed by atoms with Gasteiger partial charge in [0.2, 0.25) is 0 Å². The molecule has 2 aliphatic heterocycles. The molecule has 2 unspecified atom stereocenters. The standard InChI is InChI=1S/C16H22N4O2.W/c1-4-17-9-13-10-20(16(21)22-13)12-5-6-15-14(7-12)18-8-11(2)19(15)3;/h5-7,11,13,17-18H,8-10H2,1-3H3;. The molecule has 0 saturated carbocycles. The van der Waals surface area contributed by atoms with Gasteiger partial charge in [0.15, 0.2) is 0 Å². The van der Waals surface area contributed by atoms with Crippen molar-refractivity contribution in [2.24, 2.45) is 0 Å². The molecule has 0 spiro atoms. The Morgan fingerprint density at radius 3 is 3.04 bits per heavy atom. The van der Waals surface area contributed by atoms with Crippen molar-refractivity contribution >= 4 is 27.2 Å². The van der Waals surface area contributed by atoms with Crippen molar-refractivity contribution in [2.75, 3.05) is 41.8 Å². The number of benzene rings is 1. The van der Waals surface area contributed by atoms with Crippen LogP contribution >= 0.6 is 0 Å². The molecule has 2 aliphatic rings. The maximum absolute atomic E-state index is 12.2. The van der Waals surface area contributed by atoms with E-state index in [1.165, 1.54) is 23.4 Å². The van der Waals surface area contributed by atoms with Crippen LogP contribution in [0.4, 0.5) is 21.9 Å². The molecule has 1 saturated heterocycles. The normalized spacial score (nSPS) is 23.3. The Hall–Kier alpha value is -1.39. The fraction of sp³-hybridized carbons (Fsp3) is 0.500. The molecule has 1 aromatic carbocycles. The summed E-state index contributed by atoms with van der Waals surface area (Å²) in [5.41, 5.74) is 3.12. The second-order valence-electron chi connectivity index (χ2n) is 6.10. The molecule has 1 aromatic rings. The molecule has 1 amide bonds. The van der Waals surface area contributed by atoms with Crippen LogP contribution in [0.3, 0.4) is 0 Å². The van der Waals surface area contributed by atoms with Gasteiger partial charge < -0.3 is 0 Å². The molecule has 0 aliphatic carbocycles. The Labute approximate surface area is 147 Å². The van der Waals surface area contributed by atoms with Crippen molar-refractivity contribution in [3.63, 3.8) is 0 Å². The molecule has 2 heterocycles. The van der Waals surface area contributed by atoms with Gasteiger partial charge in [0.25, 0.3) is 0 Å². The average Bonchev–Trinajstić information content (AvgIpc) is 2.90.